The molecule has 0 saturated carbocycles. The Bertz CT molecular complexity index is 123. The minimum Gasteiger partial charge on any atom is -0.453 e. The van der Waals surface area contributed by atoms with Crippen molar-refractivity contribution in [2.45, 2.75) is 0 Å². The van der Waals surface area contributed by atoms with Crippen LogP contribution in [-0.2, 0) is 9.47 Å². The van der Waals surface area contributed by atoms with Crippen LogP contribution in [0.5, 0.6) is 0 Å². The van der Waals surface area contributed by atoms with Crippen molar-refractivity contribution in [3.8, 4) is 0 Å². The zero-order valence-electron chi connectivity index (χ0n) is 6.75. The third kappa shape index (κ3) is 10.4. The summed E-state index contributed by atoms with van der Waals surface area (Å²) in [7, 11) is 4.99. The van der Waals surface area contributed by atoms with Gasteiger partial charge in [0.05, 0.1) is 6.61 Å². The maximum Gasteiger partial charge on any atom is 0.403 e. The van der Waals surface area contributed by atoms with Crippen molar-refractivity contribution in [1.82, 2.24) is 0 Å². The standard InChI is InChI=1S/C6H11ClO3S2/c1-9-2-4-11-12-5-3-10-6(7)8/h2-5H2,1H3. The molecule has 0 heterocycles. The van der Waals surface area contributed by atoms with Crippen LogP contribution in [0.25, 0.3) is 0 Å². The first kappa shape index (κ1) is 12.4. The lowest BCUT2D eigenvalue weighted by molar-refractivity contribution is 0.181. The molecule has 12 heavy (non-hydrogen) atoms. The van der Waals surface area contributed by atoms with Crippen LogP contribution in [0.1, 0.15) is 0 Å². The first-order valence-corrected chi connectivity index (χ1v) is 6.19. The Morgan fingerprint density at radius 2 is 1.92 bits per heavy atom. The monoisotopic (exact) mass is 230 g/mol. The summed E-state index contributed by atoms with van der Waals surface area (Å²) in [5, 5.41) is 0. The fourth-order valence-electron chi connectivity index (χ4n) is 0.391. The Morgan fingerprint density at radius 3 is 2.42 bits per heavy atom. The van der Waals surface area contributed by atoms with E-state index in [1.165, 1.54) is 0 Å². The first-order chi connectivity index (χ1) is 5.77. The molecule has 0 bridgehead atoms. The molecule has 0 aromatic rings. The van der Waals surface area contributed by atoms with Crippen molar-refractivity contribution in [2.24, 2.45) is 0 Å². The molecule has 0 aliphatic carbocycles. The molecule has 0 saturated heterocycles. The van der Waals surface area contributed by atoms with E-state index in [-0.39, 0.29) is 0 Å². The average molecular weight is 231 g/mol. The van der Waals surface area contributed by atoms with E-state index in [9.17, 15) is 4.79 Å². The quantitative estimate of drug-likeness (QED) is 0.381. The van der Waals surface area contributed by atoms with Crippen molar-refractivity contribution in [3.05, 3.63) is 0 Å². The van der Waals surface area contributed by atoms with Crippen molar-refractivity contribution in [1.29, 1.82) is 0 Å². The zero-order chi connectivity index (χ0) is 9.23. The molecule has 72 valence electrons. The third-order valence-corrected chi connectivity index (χ3v) is 3.28. The first-order valence-electron chi connectivity index (χ1n) is 3.33. The molecule has 0 atom stereocenters. The van der Waals surface area contributed by atoms with Gasteiger partial charge < -0.3 is 9.47 Å². The lowest BCUT2D eigenvalue weighted by Crippen LogP contribution is -1.98. The van der Waals surface area contributed by atoms with Gasteiger partial charge in [0, 0.05) is 30.2 Å². The summed E-state index contributed by atoms with van der Waals surface area (Å²) in [5.74, 6) is 1.70. The fraction of sp³-hybridized carbons (Fsp3) is 0.833. The van der Waals surface area contributed by atoms with Crippen LogP contribution < -0.4 is 0 Å². The Hall–Kier alpha value is 0.420. The predicted molar refractivity (Wildman–Crippen MR) is 54.0 cm³/mol. The van der Waals surface area contributed by atoms with E-state index >= 15 is 0 Å². The number of methoxy groups -OCH3 is 1. The van der Waals surface area contributed by atoms with Crippen LogP contribution in [0.3, 0.4) is 0 Å². The summed E-state index contributed by atoms with van der Waals surface area (Å²) in [5.41, 5.74) is -0.738. The summed E-state index contributed by atoms with van der Waals surface area (Å²) in [6.45, 7) is 1.11. The van der Waals surface area contributed by atoms with Gasteiger partial charge in [-0.3, -0.25) is 0 Å². The molecule has 0 aliphatic heterocycles. The maximum atomic E-state index is 10.1. The van der Waals surface area contributed by atoms with Crippen LogP contribution in [0, 0.1) is 0 Å². The number of hydrogen-bond donors (Lipinski definition) is 0. The van der Waals surface area contributed by atoms with E-state index in [2.05, 4.69) is 4.74 Å². The Kier molecular flexibility index (Phi) is 9.84. The Labute approximate surface area is 84.9 Å². The van der Waals surface area contributed by atoms with Crippen molar-refractivity contribution in [3.63, 3.8) is 0 Å². The molecular weight excluding hydrogens is 220 g/mol. The van der Waals surface area contributed by atoms with Gasteiger partial charge in [0.15, 0.2) is 0 Å². The molecule has 0 rings (SSSR count). The highest BCUT2D eigenvalue weighted by Crippen LogP contribution is 2.20. The number of carbonyl (C=O) groups is 1. The SMILES string of the molecule is COCCSSCCOC(=O)Cl. The second-order valence-electron chi connectivity index (χ2n) is 1.72. The fourth-order valence-corrected chi connectivity index (χ4v) is 2.21. The molecule has 0 N–H and O–H groups in total. The molecule has 0 fully saturated rings. The summed E-state index contributed by atoms with van der Waals surface area (Å²) in [6, 6.07) is 0. The number of hydrogen-bond acceptors (Lipinski definition) is 5. The van der Waals surface area contributed by atoms with E-state index in [4.69, 9.17) is 16.3 Å². The van der Waals surface area contributed by atoms with E-state index in [1.54, 1.807) is 28.7 Å². The summed E-state index contributed by atoms with van der Waals surface area (Å²) in [6.07, 6.45) is 0. The normalized spacial score (nSPS) is 9.83. The van der Waals surface area contributed by atoms with Gasteiger partial charge in [-0.25, -0.2) is 4.79 Å². The van der Waals surface area contributed by atoms with Crippen molar-refractivity contribution in [2.75, 3.05) is 31.8 Å². The smallest absolute Gasteiger partial charge is 0.403 e. The molecule has 0 spiro atoms. The topological polar surface area (TPSA) is 35.5 Å². The van der Waals surface area contributed by atoms with Crippen LogP contribution in [0.2, 0.25) is 0 Å². The number of ether oxygens (including phenoxy) is 2. The van der Waals surface area contributed by atoms with Crippen LogP contribution in [0.4, 0.5) is 4.79 Å². The molecule has 3 nitrogen and oxygen atoms in total. The molecule has 0 unspecified atom stereocenters. The van der Waals surface area contributed by atoms with Gasteiger partial charge in [-0.05, 0) is 0 Å². The predicted octanol–water partition coefficient (Wildman–Crippen LogP) is 2.39. The second kappa shape index (κ2) is 9.51. The van der Waals surface area contributed by atoms with Gasteiger partial charge in [0.25, 0.3) is 0 Å². The molecule has 0 radical (unpaired) electrons. The molecule has 0 aromatic carbocycles. The van der Waals surface area contributed by atoms with Crippen LogP contribution in [-0.4, -0.2) is 37.3 Å². The highest BCUT2D eigenvalue weighted by atomic mass is 35.5. The zero-order valence-corrected chi connectivity index (χ0v) is 9.14. The lowest BCUT2D eigenvalue weighted by Gasteiger charge is -2.00. The molecule has 0 aliphatic rings. The Morgan fingerprint density at radius 1 is 1.33 bits per heavy atom. The Balaban J connectivity index is 2.86. The number of rotatable bonds is 7. The summed E-state index contributed by atoms with van der Waals surface area (Å²) < 4.78 is 9.36. The molecule has 6 heteroatoms. The van der Waals surface area contributed by atoms with Gasteiger partial charge >= 0.3 is 5.43 Å². The third-order valence-electron chi connectivity index (χ3n) is 0.836. The minimum atomic E-state index is -0.738. The largest absolute Gasteiger partial charge is 0.453 e. The van der Waals surface area contributed by atoms with Crippen LogP contribution in [0.15, 0.2) is 0 Å². The van der Waals surface area contributed by atoms with Gasteiger partial charge in [-0.15, -0.1) is 0 Å². The molecule has 0 amide bonds. The van der Waals surface area contributed by atoms with E-state index in [0.29, 0.717) is 6.61 Å². The van der Waals surface area contributed by atoms with E-state index in [0.717, 1.165) is 18.1 Å². The number of halogens is 1. The van der Waals surface area contributed by atoms with Crippen molar-refractivity contribution < 1.29 is 14.3 Å². The maximum absolute atomic E-state index is 10.1. The highest BCUT2D eigenvalue weighted by Gasteiger charge is 1.95. The van der Waals surface area contributed by atoms with Crippen molar-refractivity contribution >= 4 is 38.6 Å². The van der Waals surface area contributed by atoms with E-state index < -0.39 is 5.43 Å². The van der Waals surface area contributed by atoms with Crippen LogP contribution >= 0.6 is 33.2 Å². The summed E-state index contributed by atoms with van der Waals surface area (Å²) >= 11 is 4.94. The molecule has 0 aromatic heterocycles. The van der Waals surface area contributed by atoms with Gasteiger partial charge in [0.2, 0.25) is 0 Å². The second-order valence-corrected chi connectivity index (χ2v) is 4.73. The van der Waals surface area contributed by atoms with Gasteiger partial charge in [-0.1, -0.05) is 21.6 Å². The minimum absolute atomic E-state index is 0.368. The molecular formula is C6H11ClO3S2. The van der Waals surface area contributed by atoms with Gasteiger partial charge in [0.1, 0.15) is 6.61 Å². The average Bonchev–Trinajstić information content (AvgIpc) is 2.02. The van der Waals surface area contributed by atoms with E-state index in [1.807, 2.05) is 0 Å². The number of carbonyl (C=O) groups excluding carboxylic acids is 1. The summed E-state index contributed by atoms with van der Waals surface area (Å²) in [4.78, 5) is 10.1. The van der Waals surface area contributed by atoms with Gasteiger partial charge in [-0.2, -0.15) is 0 Å². The lowest BCUT2D eigenvalue weighted by atomic mass is 10.9. The highest BCUT2D eigenvalue weighted by molar-refractivity contribution is 8.76.